The predicted molar refractivity (Wildman–Crippen MR) is 61.4 cm³/mol. The first kappa shape index (κ1) is 10.0. The Kier molecular flexibility index (Phi) is 2.51. The van der Waals surface area contributed by atoms with Crippen LogP contribution in [-0.4, -0.2) is 24.2 Å². The zero-order valence-electron chi connectivity index (χ0n) is 8.63. The van der Waals surface area contributed by atoms with Crippen LogP contribution in [0.2, 0.25) is 0 Å². The zero-order chi connectivity index (χ0) is 11.0. The fourth-order valence-electron chi connectivity index (χ4n) is 1.85. The van der Waals surface area contributed by atoms with Crippen molar-refractivity contribution in [3.8, 4) is 10.8 Å². The molecule has 3 heterocycles. The molecule has 2 N–H and O–H groups in total. The molecule has 0 radical (unpaired) electrons. The number of hydrogen-bond donors (Lipinski definition) is 1. The van der Waals surface area contributed by atoms with Crippen molar-refractivity contribution in [2.75, 3.05) is 13.2 Å². The summed E-state index contributed by atoms with van der Waals surface area (Å²) in [6.07, 6.45) is 1.65. The number of thiazole rings is 1. The minimum atomic E-state index is 0.0616. The van der Waals surface area contributed by atoms with E-state index in [1.54, 1.807) is 17.6 Å². The van der Waals surface area contributed by atoms with Crippen LogP contribution in [0.15, 0.2) is 28.2 Å². The molecule has 0 amide bonds. The molecule has 2 aromatic rings. The van der Waals surface area contributed by atoms with E-state index in [1.807, 2.05) is 17.5 Å². The molecule has 84 valence electrons. The van der Waals surface area contributed by atoms with Gasteiger partial charge in [0.05, 0.1) is 25.2 Å². The van der Waals surface area contributed by atoms with Crippen LogP contribution < -0.4 is 5.73 Å². The van der Waals surface area contributed by atoms with Crippen LogP contribution >= 0.6 is 11.3 Å². The third-order valence-electron chi connectivity index (χ3n) is 2.76. The number of rotatable bonds is 2. The summed E-state index contributed by atoms with van der Waals surface area (Å²) < 4.78 is 10.6. The van der Waals surface area contributed by atoms with Gasteiger partial charge in [-0.1, -0.05) is 0 Å². The molecular formula is C11H12N2O2S. The second kappa shape index (κ2) is 4.01. The van der Waals surface area contributed by atoms with Crippen molar-refractivity contribution < 1.29 is 9.15 Å². The molecule has 0 bridgehead atoms. The molecule has 4 nitrogen and oxygen atoms in total. The van der Waals surface area contributed by atoms with E-state index in [0.29, 0.717) is 13.2 Å². The number of nitrogens with two attached hydrogens (primary N) is 1. The minimum Gasteiger partial charge on any atom is -0.462 e. The van der Waals surface area contributed by atoms with Crippen LogP contribution in [0.25, 0.3) is 10.8 Å². The highest BCUT2D eigenvalue weighted by Crippen LogP contribution is 2.30. The van der Waals surface area contributed by atoms with Gasteiger partial charge in [0.15, 0.2) is 10.8 Å². The third kappa shape index (κ3) is 1.67. The minimum absolute atomic E-state index is 0.0616. The molecule has 5 heteroatoms. The molecule has 0 aromatic carbocycles. The van der Waals surface area contributed by atoms with E-state index >= 15 is 0 Å². The average molecular weight is 236 g/mol. The molecule has 2 unspecified atom stereocenters. The molecule has 1 aliphatic rings. The van der Waals surface area contributed by atoms with Crippen molar-refractivity contribution in [2.24, 2.45) is 5.73 Å². The van der Waals surface area contributed by atoms with Crippen molar-refractivity contribution in [2.45, 2.75) is 12.0 Å². The van der Waals surface area contributed by atoms with Crippen molar-refractivity contribution in [3.63, 3.8) is 0 Å². The van der Waals surface area contributed by atoms with Gasteiger partial charge in [0.2, 0.25) is 0 Å². The van der Waals surface area contributed by atoms with E-state index in [0.717, 1.165) is 16.5 Å². The van der Waals surface area contributed by atoms with Gasteiger partial charge in [0.1, 0.15) is 0 Å². The van der Waals surface area contributed by atoms with Crippen LogP contribution in [0.5, 0.6) is 0 Å². The topological polar surface area (TPSA) is 61.3 Å². The standard InChI is InChI=1S/C11H12N2O2S/c12-8-5-14-4-7(8)9-6-16-11(13-9)10-2-1-3-15-10/h1-3,6-8H,4-5,12H2. The van der Waals surface area contributed by atoms with Crippen LogP contribution in [0.1, 0.15) is 11.6 Å². The highest BCUT2D eigenvalue weighted by atomic mass is 32.1. The van der Waals surface area contributed by atoms with E-state index in [9.17, 15) is 0 Å². The molecule has 1 fully saturated rings. The first-order valence-electron chi connectivity index (χ1n) is 5.17. The molecule has 0 spiro atoms. The smallest absolute Gasteiger partial charge is 0.162 e. The predicted octanol–water partition coefficient (Wildman–Crippen LogP) is 1.84. The number of hydrogen-bond acceptors (Lipinski definition) is 5. The zero-order valence-corrected chi connectivity index (χ0v) is 9.44. The van der Waals surface area contributed by atoms with Gasteiger partial charge in [-0.3, -0.25) is 0 Å². The van der Waals surface area contributed by atoms with E-state index in [-0.39, 0.29) is 12.0 Å². The normalized spacial score (nSPS) is 25.1. The van der Waals surface area contributed by atoms with Crippen LogP contribution in [0, 0.1) is 0 Å². The van der Waals surface area contributed by atoms with Gasteiger partial charge in [0.25, 0.3) is 0 Å². The second-order valence-electron chi connectivity index (χ2n) is 3.86. The van der Waals surface area contributed by atoms with Gasteiger partial charge in [-0.05, 0) is 12.1 Å². The lowest BCUT2D eigenvalue weighted by atomic mass is 10.0. The fraction of sp³-hybridized carbons (Fsp3) is 0.364. The molecule has 0 saturated carbocycles. The number of nitrogens with zero attached hydrogens (tertiary/aromatic N) is 1. The van der Waals surface area contributed by atoms with Crippen molar-refractivity contribution >= 4 is 11.3 Å². The number of furan rings is 1. The molecule has 16 heavy (non-hydrogen) atoms. The summed E-state index contributed by atoms with van der Waals surface area (Å²) in [6.45, 7) is 1.29. The highest BCUT2D eigenvalue weighted by molar-refractivity contribution is 7.13. The first-order valence-corrected chi connectivity index (χ1v) is 6.05. The van der Waals surface area contributed by atoms with Gasteiger partial charge >= 0.3 is 0 Å². The Bertz CT molecular complexity index is 466. The summed E-state index contributed by atoms with van der Waals surface area (Å²) in [7, 11) is 0. The van der Waals surface area contributed by atoms with E-state index in [1.165, 1.54) is 0 Å². The summed E-state index contributed by atoms with van der Waals surface area (Å²) in [5, 5.41) is 2.94. The lowest BCUT2D eigenvalue weighted by Gasteiger charge is -2.08. The van der Waals surface area contributed by atoms with Crippen LogP contribution in [-0.2, 0) is 4.74 Å². The third-order valence-corrected chi connectivity index (χ3v) is 3.63. The molecule has 0 aliphatic carbocycles. The Morgan fingerprint density at radius 1 is 1.44 bits per heavy atom. The molecule has 1 aliphatic heterocycles. The summed E-state index contributed by atoms with van der Waals surface area (Å²) in [6, 6.07) is 3.83. The molecular weight excluding hydrogens is 224 g/mol. The SMILES string of the molecule is NC1COCC1c1csc(-c2ccco2)n1. The molecule has 3 rings (SSSR count). The second-order valence-corrected chi connectivity index (χ2v) is 4.72. The monoisotopic (exact) mass is 236 g/mol. The van der Waals surface area contributed by atoms with E-state index in [2.05, 4.69) is 4.98 Å². The quantitative estimate of drug-likeness (QED) is 0.864. The maximum Gasteiger partial charge on any atom is 0.162 e. The Labute approximate surface area is 97.1 Å². The van der Waals surface area contributed by atoms with Gasteiger partial charge in [0, 0.05) is 17.3 Å². The van der Waals surface area contributed by atoms with E-state index in [4.69, 9.17) is 14.9 Å². The average Bonchev–Trinajstić information content (AvgIpc) is 2.96. The van der Waals surface area contributed by atoms with E-state index < -0.39 is 0 Å². The Morgan fingerprint density at radius 2 is 2.38 bits per heavy atom. The molecule has 1 saturated heterocycles. The Hall–Kier alpha value is -1.17. The number of aromatic nitrogens is 1. The maximum absolute atomic E-state index is 5.96. The lowest BCUT2D eigenvalue weighted by Crippen LogP contribution is -2.26. The molecule has 2 aromatic heterocycles. The molecule has 2 atom stereocenters. The summed E-state index contributed by atoms with van der Waals surface area (Å²) in [4.78, 5) is 4.55. The largest absolute Gasteiger partial charge is 0.462 e. The summed E-state index contributed by atoms with van der Waals surface area (Å²) >= 11 is 1.58. The Balaban J connectivity index is 1.88. The van der Waals surface area contributed by atoms with Gasteiger partial charge in [-0.2, -0.15) is 0 Å². The van der Waals surface area contributed by atoms with Gasteiger partial charge < -0.3 is 14.9 Å². The first-order chi connectivity index (χ1) is 7.84. The summed E-state index contributed by atoms with van der Waals surface area (Å²) in [5.41, 5.74) is 6.97. The van der Waals surface area contributed by atoms with Crippen molar-refractivity contribution in [3.05, 3.63) is 29.5 Å². The van der Waals surface area contributed by atoms with Gasteiger partial charge in [-0.25, -0.2) is 4.98 Å². The maximum atomic E-state index is 5.96. The lowest BCUT2D eigenvalue weighted by molar-refractivity contribution is 0.190. The highest BCUT2D eigenvalue weighted by Gasteiger charge is 2.28. The number of ether oxygens (including phenoxy) is 1. The van der Waals surface area contributed by atoms with Gasteiger partial charge in [-0.15, -0.1) is 11.3 Å². The fourth-order valence-corrected chi connectivity index (χ4v) is 2.70. The Morgan fingerprint density at radius 3 is 3.06 bits per heavy atom. The van der Waals surface area contributed by atoms with Crippen LogP contribution in [0.4, 0.5) is 0 Å². The summed E-state index contributed by atoms with van der Waals surface area (Å²) in [5.74, 6) is 1.03. The van der Waals surface area contributed by atoms with Crippen molar-refractivity contribution in [1.82, 2.24) is 4.98 Å². The van der Waals surface area contributed by atoms with Crippen LogP contribution in [0.3, 0.4) is 0 Å². The van der Waals surface area contributed by atoms with Crippen molar-refractivity contribution in [1.29, 1.82) is 0 Å².